The Morgan fingerprint density at radius 1 is 1.10 bits per heavy atom. The maximum Gasteiger partial charge on any atom is 0.189 e. The highest BCUT2D eigenvalue weighted by Gasteiger charge is 2.21. The van der Waals surface area contributed by atoms with Crippen LogP contribution in [0, 0.1) is 0 Å². The largest absolute Gasteiger partial charge is 0.488 e. The number of ether oxygens (including phenoxy) is 3. The Balaban J connectivity index is 2.28. The van der Waals surface area contributed by atoms with Gasteiger partial charge in [-0.2, -0.15) is 0 Å². The van der Waals surface area contributed by atoms with E-state index in [0.717, 1.165) is 5.56 Å². The predicted octanol–water partition coefficient (Wildman–Crippen LogP) is 4.26. The standard InChI is InChI=1S/C15H15Cl2NO3/c1-19-15(20-2)13-11(8-12(16)18-14(13)17)21-9-10-6-4-3-5-7-10/h3-8,15H,9H2,1-2H3. The lowest BCUT2D eigenvalue weighted by atomic mass is 10.2. The first kappa shape index (κ1) is 16.0. The zero-order chi connectivity index (χ0) is 15.2. The molecule has 0 aliphatic carbocycles. The van der Waals surface area contributed by atoms with Gasteiger partial charge >= 0.3 is 0 Å². The molecular formula is C15H15Cl2NO3. The van der Waals surface area contributed by atoms with E-state index in [-0.39, 0.29) is 10.3 Å². The van der Waals surface area contributed by atoms with Gasteiger partial charge in [0.2, 0.25) is 0 Å². The van der Waals surface area contributed by atoms with Crippen molar-refractivity contribution in [3.05, 3.63) is 57.8 Å². The van der Waals surface area contributed by atoms with Gasteiger partial charge in [0, 0.05) is 20.3 Å². The highest BCUT2D eigenvalue weighted by Crippen LogP contribution is 2.35. The van der Waals surface area contributed by atoms with Crippen molar-refractivity contribution in [3.63, 3.8) is 0 Å². The van der Waals surface area contributed by atoms with Crippen molar-refractivity contribution in [3.8, 4) is 5.75 Å². The molecule has 0 atom stereocenters. The van der Waals surface area contributed by atoms with E-state index in [0.29, 0.717) is 17.9 Å². The number of aromatic nitrogens is 1. The molecule has 4 nitrogen and oxygen atoms in total. The lowest BCUT2D eigenvalue weighted by Gasteiger charge is -2.19. The van der Waals surface area contributed by atoms with Crippen LogP contribution < -0.4 is 4.74 Å². The average molecular weight is 328 g/mol. The summed E-state index contributed by atoms with van der Waals surface area (Å²) in [6, 6.07) is 11.4. The van der Waals surface area contributed by atoms with Gasteiger partial charge in [-0.1, -0.05) is 53.5 Å². The first-order valence-electron chi connectivity index (χ1n) is 6.24. The van der Waals surface area contributed by atoms with Crippen LogP contribution in [0.15, 0.2) is 36.4 Å². The van der Waals surface area contributed by atoms with E-state index < -0.39 is 6.29 Å². The summed E-state index contributed by atoms with van der Waals surface area (Å²) in [7, 11) is 3.03. The smallest absolute Gasteiger partial charge is 0.189 e. The van der Waals surface area contributed by atoms with Crippen molar-refractivity contribution >= 4 is 23.2 Å². The van der Waals surface area contributed by atoms with Crippen molar-refractivity contribution in [1.82, 2.24) is 4.98 Å². The quantitative estimate of drug-likeness (QED) is 0.587. The summed E-state index contributed by atoms with van der Waals surface area (Å²) < 4.78 is 16.3. The fourth-order valence-corrected chi connectivity index (χ4v) is 2.37. The Hall–Kier alpha value is -1.33. The fourth-order valence-electron chi connectivity index (χ4n) is 1.87. The first-order valence-corrected chi connectivity index (χ1v) is 6.99. The average Bonchev–Trinajstić information content (AvgIpc) is 2.49. The minimum absolute atomic E-state index is 0.194. The molecule has 21 heavy (non-hydrogen) atoms. The molecule has 0 aliphatic rings. The number of methoxy groups -OCH3 is 2. The van der Waals surface area contributed by atoms with Crippen LogP contribution in [0.5, 0.6) is 5.75 Å². The molecule has 0 spiro atoms. The summed E-state index contributed by atoms with van der Waals surface area (Å²) >= 11 is 12.1. The van der Waals surface area contributed by atoms with E-state index in [2.05, 4.69) is 4.98 Å². The minimum Gasteiger partial charge on any atom is -0.488 e. The summed E-state index contributed by atoms with van der Waals surface area (Å²) in [5.74, 6) is 0.484. The molecule has 1 aromatic heterocycles. The van der Waals surface area contributed by atoms with Gasteiger partial charge in [0.1, 0.15) is 22.7 Å². The molecule has 0 N–H and O–H groups in total. The Morgan fingerprint density at radius 3 is 2.38 bits per heavy atom. The highest BCUT2D eigenvalue weighted by atomic mass is 35.5. The van der Waals surface area contributed by atoms with Crippen LogP contribution in [0.25, 0.3) is 0 Å². The Bertz CT molecular complexity index is 589. The molecule has 2 aromatic rings. The summed E-state index contributed by atoms with van der Waals surface area (Å²) in [5.41, 5.74) is 1.54. The van der Waals surface area contributed by atoms with Crippen LogP contribution in [-0.2, 0) is 16.1 Å². The number of halogens is 2. The minimum atomic E-state index is -0.673. The van der Waals surface area contributed by atoms with E-state index in [1.54, 1.807) is 6.07 Å². The van der Waals surface area contributed by atoms with Crippen LogP contribution in [0.3, 0.4) is 0 Å². The normalized spacial score (nSPS) is 10.9. The molecule has 0 saturated heterocycles. The fraction of sp³-hybridized carbons (Fsp3) is 0.267. The number of nitrogens with zero attached hydrogens (tertiary/aromatic N) is 1. The molecule has 6 heteroatoms. The van der Waals surface area contributed by atoms with Crippen LogP contribution >= 0.6 is 23.2 Å². The van der Waals surface area contributed by atoms with E-state index in [9.17, 15) is 0 Å². The van der Waals surface area contributed by atoms with E-state index in [1.807, 2.05) is 30.3 Å². The molecule has 2 rings (SSSR count). The van der Waals surface area contributed by atoms with E-state index >= 15 is 0 Å². The van der Waals surface area contributed by atoms with Crippen LogP contribution in [0.2, 0.25) is 10.3 Å². The molecule has 0 unspecified atom stereocenters. The third-order valence-corrected chi connectivity index (χ3v) is 3.33. The van der Waals surface area contributed by atoms with Gasteiger partial charge < -0.3 is 14.2 Å². The SMILES string of the molecule is COC(OC)c1c(OCc2ccccc2)cc(Cl)nc1Cl. The van der Waals surface area contributed by atoms with Gasteiger partial charge in [-0.3, -0.25) is 0 Å². The van der Waals surface area contributed by atoms with Crippen molar-refractivity contribution < 1.29 is 14.2 Å². The number of benzene rings is 1. The maximum atomic E-state index is 6.13. The summed E-state index contributed by atoms with van der Waals surface area (Å²) in [4.78, 5) is 4.00. The second-order valence-corrected chi connectivity index (χ2v) is 4.97. The number of hydrogen-bond donors (Lipinski definition) is 0. The Morgan fingerprint density at radius 2 is 1.76 bits per heavy atom. The lowest BCUT2D eigenvalue weighted by molar-refractivity contribution is -0.107. The van der Waals surface area contributed by atoms with Crippen molar-refractivity contribution in [2.45, 2.75) is 12.9 Å². The molecule has 0 saturated carbocycles. The van der Waals surface area contributed by atoms with Crippen LogP contribution in [-0.4, -0.2) is 19.2 Å². The number of rotatable bonds is 6. The van der Waals surface area contributed by atoms with Crippen molar-refractivity contribution in [2.24, 2.45) is 0 Å². The lowest BCUT2D eigenvalue weighted by Crippen LogP contribution is -2.09. The zero-order valence-electron chi connectivity index (χ0n) is 11.7. The zero-order valence-corrected chi connectivity index (χ0v) is 13.2. The molecule has 1 aromatic carbocycles. The maximum absolute atomic E-state index is 6.13. The molecule has 112 valence electrons. The molecule has 0 bridgehead atoms. The Labute approximate surface area is 133 Å². The summed E-state index contributed by atoms with van der Waals surface area (Å²) in [6.45, 7) is 0.380. The molecule has 0 radical (unpaired) electrons. The van der Waals surface area contributed by atoms with Gasteiger partial charge in [0.15, 0.2) is 6.29 Å². The third-order valence-electron chi connectivity index (χ3n) is 2.84. The van der Waals surface area contributed by atoms with Gasteiger partial charge in [0.25, 0.3) is 0 Å². The molecule has 0 fully saturated rings. The van der Waals surface area contributed by atoms with Crippen molar-refractivity contribution in [2.75, 3.05) is 14.2 Å². The molecule has 0 amide bonds. The monoisotopic (exact) mass is 327 g/mol. The van der Waals surface area contributed by atoms with Gasteiger partial charge in [-0.05, 0) is 5.56 Å². The van der Waals surface area contributed by atoms with E-state index in [1.165, 1.54) is 14.2 Å². The molecular weight excluding hydrogens is 313 g/mol. The van der Waals surface area contributed by atoms with Gasteiger partial charge in [0.05, 0.1) is 5.56 Å². The van der Waals surface area contributed by atoms with Crippen LogP contribution in [0.4, 0.5) is 0 Å². The molecule has 0 aliphatic heterocycles. The van der Waals surface area contributed by atoms with Gasteiger partial charge in [-0.15, -0.1) is 0 Å². The highest BCUT2D eigenvalue weighted by molar-refractivity contribution is 6.33. The van der Waals surface area contributed by atoms with Crippen molar-refractivity contribution in [1.29, 1.82) is 0 Å². The Kier molecular flexibility index (Phi) is 5.82. The number of hydrogen-bond acceptors (Lipinski definition) is 4. The van der Waals surface area contributed by atoms with E-state index in [4.69, 9.17) is 37.4 Å². The van der Waals surface area contributed by atoms with Gasteiger partial charge in [-0.25, -0.2) is 4.98 Å². The second kappa shape index (κ2) is 7.61. The summed E-state index contributed by atoms with van der Waals surface area (Å²) in [5, 5.41) is 0.442. The summed E-state index contributed by atoms with van der Waals surface area (Å²) in [6.07, 6.45) is -0.673. The first-order chi connectivity index (χ1) is 10.2. The second-order valence-electron chi connectivity index (χ2n) is 4.23. The number of pyridine rings is 1. The third kappa shape index (κ3) is 4.08. The topological polar surface area (TPSA) is 40.6 Å². The molecule has 1 heterocycles. The van der Waals surface area contributed by atoms with Crippen LogP contribution in [0.1, 0.15) is 17.4 Å². The predicted molar refractivity (Wildman–Crippen MR) is 81.8 cm³/mol.